The fourth-order valence-corrected chi connectivity index (χ4v) is 4.68. The molecule has 0 radical (unpaired) electrons. The number of rotatable bonds is 11. The lowest BCUT2D eigenvalue weighted by atomic mass is 10.1. The second-order valence-corrected chi connectivity index (χ2v) is 10.8. The number of amides is 2. The second-order valence-electron chi connectivity index (χ2n) is 8.91. The monoisotopic (exact) mass is 517 g/mol. The highest BCUT2D eigenvalue weighted by molar-refractivity contribution is 7.92. The summed E-state index contributed by atoms with van der Waals surface area (Å²) in [6.07, 6.45) is 2.32. The van der Waals surface area contributed by atoms with Gasteiger partial charge in [0.1, 0.15) is 25.8 Å². The van der Waals surface area contributed by atoms with Gasteiger partial charge in [0.25, 0.3) is 0 Å². The SMILES string of the molecule is CC[C@@H](C)NC(=O)[C@@H](C)N(CCc1ccccc1)C(=O)CN(c1ccc2c(c1)OCCO2)S(C)(=O)=O. The van der Waals surface area contributed by atoms with Crippen molar-refractivity contribution >= 4 is 27.5 Å². The van der Waals surface area contributed by atoms with Crippen LogP contribution in [0.2, 0.25) is 0 Å². The van der Waals surface area contributed by atoms with E-state index in [1.54, 1.807) is 25.1 Å². The third-order valence-corrected chi connectivity index (χ3v) is 7.29. The number of fused-ring (bicyclic) bond motifs is 1. The number of anilines is 1. The number of ether oxygens (including phenoxy) is 2. The van der Waals surface area contributed by atoms with E-state index in [1.807, 2.05) is 44.2 Å². The van der Waals surface area contributed by atoms with Crippen molar-refractivity contribution in [3.05, 3.63) is 54.1 Å². The van der Waals surface area contributed by atoms with Crippen LogP contribution in [-0.2, 0) is 26.0 Å². The molecule has 10 heteroatoms. The molecule has 0 saturated carbocycles. The van der Waals surface area contributed by atoms with Crippen molar-refractivity contribution in [2.24, 2.45) is 0 Å². The Kier molecular flexibility index (Phi) is 9.19. The number of carbonyl (C=O) groups excluding carboxylic acids is 2. The van der Waals surface area contributed by atoms with E-state index in [4.69, 9.17) is 9.47 Å². The molecule has 3 rings (SSSR count). The molecule has 2 atom stereocenters. The van der Waals surface area contributed by atoms with Gasteiger partial charge in [-0.25, -0.2) is 8.42 Å². The summed E-state index contributed by atoms with van der Waals surface area (Å²) in [7, 11) is -3.82. The Morgan fingerprint density at radius 2 is 1.69 bits per heavy atom. The highest BCUT2D eigenvalue weighted by atomic mass is 32.2. The van der Waals surface area contributed by atoms with Gasteiger partial charge < -0.3 is 19.7 Å². The van der Waals surface area contributed by atoms with E-state index in [1.165, 1.54) is 4.90 Å². The zero-order chi connectivity index (χ0) is 26.3. The Balaban J connectivity index is 1.86. The van der Waals surface area contributed by atoms with Crippen LogP contribution in [0.15, 0.2) is 48.5 Å². The van der Waals surface area contributed by atoms with E-state index in [2.05, 4.69) is 5.32 Å². The van der Waals surface area contributed by atoms with E-state index >= 15 is 0 Å². The molecule has 0 unspecified atom stereocenters. The lowest BCUT2D eigenvalue weighted by Crippen LogP contribution is -2.53. The maximum Gasteiger partial charge on any atom is 0.244 e. The Morgan fingerprint density at radius 3 is 2.33 bits per heavy atom. The zero-order valence-electron chi connectivity index (χ0n) is 21.3. The first-order chi connectivity index (χ1) is 17.1. The van der Waals surface area contributed by atoms with Gasteiger partial charge >= 0.3 is 0 Å². The van der Waals surface area contributed by atoms with Gasteiger partial charge in [0.15, 0.2) is 11.5 Å². The Hall–Kier alpha value is -3.27. The van der Waals surface area contributed by atoms with Gasteiger partial charge in [-0.05, 0) is 44.4 Å². The van der Waals surface area contributed by atoms with E-state index in [0.717, 1.165) is 22.5 Å². The largest absolute Gasteiger partial charge is 0.486 e. The summed E-state index contributed by atoms with van der Waals surface area (Å²) in [5.74, 6) is 0.181. The quantitative estimate of drug-likeness (QED) is 0.491. The number of nitrogens with one attached hydrogen (secondary N) is 1. The van der Waals surface area contributed by atoms with Crippen LogP contribution in [0.4, 0.5) is 5.69 Å². The Labute approximate surface area is 213 Å². The molecule has 1 N–H and O–H groups in total. The first-order valence-electron chi connectivity index (χ1n) is 12.1. The number of benzene rings is 2. The maximum atomic E-state index is 13.6. The number of nitrogens with zero attached hydrogens (tertiary/aromatic N) is 2. The van der Waals surface area contributed by atoms with Crippen LogP contribution in [0.3, 0.4) is 0 Å². The average Bonchev–Trinajstić information content (AvgIpc) is 2.86. The molecule has 0 spiro atoms. The molecule has 0 fully saturated rings. The highest BCUT2D eigenvalue weighted by Gasteiger charge is 2.30. The van der Waals surface area contributed by atoms with Gasteiger partial charge in [-0.1, -0.05) is 37.3 Å². The van der Waals surface area contributed by atoms with Crippen LogP contribution in [0, 0.1) is 0 Å². The number of hydrogen-bond acceptors (Lipinski definition) is 6. The summed E-state index contributed by atoms with van der Waals surface area (Å²) >= 11 is 0. The first kappa shape index (κ1) is 27.3. The fraction of sp³-hybridized carbons (Fsp3) is 0.462. The van der Waals surface area contributed by atoms with Crippen LogP contribution >= 0.6 is 0 Å². The van der Waals surface area contributed by atoms with Gasteiger partial charge in [-0.3, -0.25) is 13.9 Å². The third kappa shape index (κ3) is 7.13. The molecule has 2 aromatic carbocycles. The minimum Gasteiger partial charge on any atom is -0.486 e. The minimum atomic E-state index is -3.82. The predicted molar refractivity (Wildman–Crippen MR) is 139 cm³/mol. The van der Waals surface area contributed by atoms with Crippen molar-refractivity contribution in [2.45, 2.75) is 45.7 Å². The average molecular weight is 518 g/mol. The maximum absolute atomic E-state index is 13.6. The van der Waals surface area contributed by atoms with Gasteiger partial charge in [0.05, 0.1) is 11.9 Å². The zero-order valence-corrected chi connectivity index (χ0v) is 22.1. The highest BCUT2D eigenvalue weighted by Crippen LogP contribution is 2.34. The molecule has 2 aromatic rings. The van der Waals surface area contributed by atoms with E-state index in [0.29, 0.717) is 31.1 Å². The van der Waals surface area contributed by atoms with Crippen LogP contribution in [0.1, 0.15) is 32.8 Å². The van der Waals surface area contributed by atoms with Gasteiger partial charge in [-0.2, -0.15) is 0 Å². The Bertz CT molecular complexity index is 1160. The fourth-order valence-electron chi connectivity index (χ4n) is 3.84. The summed E-state index contributed by atoms with van der Waals surface area (Å²) in [5, 5.41) is 2.92. The number of hydrogen-bond donors (Lipinski definition) is 1. The lowest BCUT2D eigenvalue weighted by Gasteiger charge is -2.32. The van der Waals surface area contributed by atoms with E-state index < -0.39 is 28.5 Å². The topological polar surface area (TPSA) is 105 Å². The molecule has 1 aliphatic rings. The summed E-state index contributed by atoms with van der Waals surface area (Å²) in [5.41, 5.74) is 1.30. The molecule has 0 aromatic heterocycles. The van der Waals surface area contributed by atoms with Crippen molar-refractivity contribution in [3.8, 4) is 11.5 Å². The molecule has 196 valence electrons. The van der Waals surface area contributed by atoms with Gasteiger partial charge in [-0.15, -0.1) is 0 Å². The predicted octanol–water partition coefficient (Wildman–Crippen LogP) is 2.60. The molecular formula is C26H35N3O6S. The second kappa shape index (κ2) is 12.1. The number of sulfonamides is 1. The lowest BCUT2D eigenvalue weighted by molar-refractivity contribution is -0.139. The van der Waals surface area contributed by atoms with Gasteiger partial charge in [0.2, 0.25) is 21.8 Å². The van der Waals surface area contributed by atoms with Crippen molar-refractivity contribution < 1.29 is 27.5 Å². The normalized spacial score (nSPS) is 14.4. The molecule has 9 nitrogen and oxygen atoms in total. The van der Waals surface area contributed by atoms with E-state index in [9.17, 15) is 18.0 Å². The Morgan fingerprint density at radius 1 is 1.03 bits per heavy atom. The molecule has 1 aliphatic heterocycles. The molecule has 0 bridgehead atoms. The third-order valence-electron chi connectivity index (χ3n) is 6.15. The van der Waals surface area contributed by atoms with Gasteiger partial charge in [0, 0.05) is 18.7 Å². The minimum absolute atomic E-state index is 0.0451. The molecule has 1 heterocycles. The van der Waals surface area contributed by atoms with Crippen LogP contribution in [-0.4, -0.2) is 69.8 Å². The molecular weight excluding hydrogens is 482 g/mol. The summed E-state index contributed by atoms with van der Waals surface area (Å²) in [4.78, 5) is 27.9. The smallest absolute Gasteiger partial charge is 0.244 e. The molecule has 0 saturated heterocycles. The van der Waals surface area contributed by atoms with Crippen LogP contribution in [0.25, 0.3) is 0 Å². The van der Waals surface area contributed by atoms with Crippen molar-refractivity contribution in [1.82, 2.24) is 10.2 Å². The summed E-state index contributed by atoms with van der Waals surface area (Å²) in [6, 6.07) is 13.6. The standard InChI is InChI=1S/C26H35N3O6S/c1-5-19(2)27-26(31)20(3)28(14-13-21-9-7-6-8-10-21)25(30)18-29(36(4,32)33)22-11-12-23-24(17-22)35-16-15-34-23/h6-12,17,19-20H,5,13-16,18H2,1-4H3,(H,27,31)/t19-,20-/m1/s1. The summed E-state index contributed by atoms with van der Waals surface area (Å²) < 4.78 is 37.6. The van der Waals surface area contributed by atoms with Crippen molar-refractivity contribution in [3.63, 3.8) is 0 Å². The molecule has 2 amide bonds. The van der Waals surface area contributed by atoms with Crippen LogP contribution in [0.5, 0.6) is 11.5 Å². The number of carbonyl (C=O) groups is 2. The first-order valence-corrected chi connectivity index (χ1v) is 14.0. The van der Waals surface area contributed by atoms with Crippen molar-refractivity contribution in [2.75, 3.05) is 36.9 Å². The van der Waals surface area contributed by atoms with Crippen LogP contribution < -0.4 is 19.1 Å². The summed E-state index contributed by atoms with van der Waals surface area (Å²) in [6.45, 7) is 6.09. The van der Waals surface area contributed by atoms with E-state index in [-0.39, 0.29) is 24.2 Å². The molecule has 36 heavy (non-hydrogen) atoms. The van der Waals surface area contributed by atoms with Crippen molar-refractivity contribution in [1.29, 1.82) is 0 Å². The molecule has 0 aliphatic carbocycles.